The summed E-state index contributed by atoms with van der Waals surface area (Å²) in [7, 11) is 0. The SMILES string of the molecule is FC(F)c1nnc2ccc(NC3CCCCCCC3)nn12. The lowest BCUT2D eigenvalue weighted by molar-refractivity contribution is 0.137. The number of hydrogen-bond acceptors (Lipinski definition) is 4. The van der Waals surface area contributed by atoms with E-state index in [1.807, 2.05) is 0 Å². The minimum Gasteiger partial charge on any atom is -0.366 e. The lowest BCUT2D eigenvalue weighted by Gasteiger charge is -2.21. The van der Waals surface area contributed by atoms with E-state index in [-0.39, 0.29) is 0 Å². The first-order valence-electron chi connectivity index (χ1n) is 7.51. The van der Waals surface area contributed by atoms with Crippen LogP contribution in [0.4, 0.5) is 14.6 Å². The van der Waals surface area contributed by atoms with Crippen molar-refractivity contribution in [1.82, 2.24) is 19.8 Å². The van der Waals surface area contributed by atoms with Crippen molar-refractivity contribution in [2.75, 3.05) is 5.32 Å². The van der Waals surface area contributed by atoms with Gasteiger partial charge in [-0.2, -0.15) is 4.52 Å². The fraction of sp³-hybridized carbons (Fsp3) is 0.643. The molecule has 0 radical (unpaired) electrons. The molecule has 1 aliphatic carbocycles. The number of nitrogens with one attached hydrogen (secondary N) is 1. The third-order valence-corrected chi connectivity index (χ3v) is 3.94. The Hall–Kier alpha value is -1.79. The number of halogens is 2. The fourth-order valence-electron chi connectivity index (χ4n) is 2.83. The molecule has 3 rings (SSSR count). The topological polar surface area (TPSA) is 55.1 Å². The van der Waals surface area contributed by atoms with Crippen LogP contribution in [0.2, 0.25) is 0 Å². The molecule has 2 aromatic heterocycles. The summed E-state index contributed by atoms with van der Waals surface area (Å²) in [6.45, 7) is 0. The Morgan fingerprint density at radius 2 is 1.76 bits per heavy atom. The number of hydrogen-bond donors (Lipinski definition) is 1. The lowest BCUT2D eigenvalue weighted by Crippen LogP contribution is -2.21. The van der Waals surface area contributed by atoms with Crippen LogP contribution >= 0.6 is 0 Å². The molecular weight excluding hydrogens is 276 g/mol. The second-order valence-electron chi connectivity index (χ2n) is 5.53. The van der Waals surface area contributed by atoms with Crippen LogP contribution in [0.5, 0.6) is 0 Å². The van der Waals surface area contributed by atoms with Crippen LogP contribution in [-0.2, 0) is 0 Å². The zero-order valence-electron chi connectivity index (χ0n) is 11.8. The van der Waals surface area contributed by atoms with Crippen LogP contribution in [0.3, 0.4) is 0 Å². The van der Waals surface area contributed by atoms with E-state index in [1.54, 1.807) is 12.1 Å². The summed E-state index contributed by atoms with van der Waals surface area (Å²) in [5, 5.41) is 14.8. The van der Waals surface area contributed by atoms with Gasteiger partial charge in [0.25, 0.3) is 6.43 Å². The van der Waals surface area contributed by atoms with Gasteiger partial charge >= 0.3 is 0 Å². The molecule has 0 bridgehead atoms. The molecule has 114 valence electrons. The quantitative estimate of drug-likeness (QED) is 0.940. The highest BCUT2D eigenvalue weighted by molar-refractivity contribution is 5.44. The largest absolute Gasteiger partial charge is 0.366 e. The Morgan fingerprint density at radius 3 is 2.48 bits per heavy atom. The Kier molecular flexibility index (Phi) is 4.26. The van der Waals surface area contributed by atoms with Gasteiger partial charge in [0.15, 0.2) is 5.65 Å². The van der Waals surface area contributed by atoms with E-state index in [4.69, 9.17) is 0 Å². The molecule has 0 amide bonds. The average Bonchev–Trinajstić information content (AvgIpc) is 2.85. The van der Waals surface area contributed by atoms with E-state index in [1.165, 1.54) is 32.1 Å². The summed E-state index contributed by atoms with van der Waals surface area (Å²) in [6.07, 6.45) is 5.79. The number of anilines is 1. The van der Waals surface area contributed by atoms with Crippen molar-refractivity contribution in [3.8, 4) is 0 Å². The number of rotatable bonds is 3. The zero-order chi connectivity index (χ0) is 14.7. The van der Waals surface area contributed by atoms with Gasteiger partial charge in [0.05, 0.1) is 0 Å². The van der Waals surface area contributed by atoms with Crippen molar-refractivity contribution < 1.29 is 8.78 Å². The summed E-state index contributed by atoms with van der Waals surface area (Å²) < 4.78 is 26.8. The van der Waals surface area contributed by atoms with E-state index in [0.29, 0.717) is 17.5 Å². The average molecular weight is 295 g/mol. The van der Waals surface area contributed by atoms with Gasteiger partial charge in [0, 0.05) is 6.04 Å². The van der Waals surface area contributed by atoms with E-state index in [0.717, 1.165) is 17.4 Å². The van der Waals surface area contributed by atoms with Gasteiger partial charge in [-0.25, -0.2) is 8.78 Å². The first-order chi connectivity index (χ1) is 10.2. The van der Waals surface area contributed by atoms with Gasteiger partial charge in [-0.15, -0.1) is 15.3 Å². The number of aromatic nitrogens is 4. The predicted molar refractivity (Wildman–Crippen MR) is 75.5 cm³/mol. The van der Waals surface area contributed by atoms with Gasteiger partial charge in [0.2, 0.25) is 5.82 Å². The molecule has 21 heavy (non-hydrogen) atoms. The van der Waals surface area contributed by atoms with Crippen LogP contribution in [0.1, 0.15) is 57.2 Å². The first kappa shape index (κ1) is 14.2. The van der Waals surface area contributed by atoms with Crippen molar-refractivity contribution in [2.24, 2.45) is 0 Å². The van der Waals surface area contributed by atoms with Crippen LogP contribution in [0.15, 0.2) is 12.1 Å². The Balaban J connectivity index is 1.78. The summed E-state index contributed by atoms with van der Waals surface area (Å²) in [5.41, 5.74) is 0.341. The summed E-state index contributed by atoms with van der Waals surface area (Å²) >= 11 is 0. The highest BCUT2D eigenvalue weighted by Gasteiger charge is 2.18. The smallest absolute Gasteiger partial charge is 0.299 e. The molecule has 7 heteroatoms. The van der Waals surface area contributed by atoms with Gasteiger partial charge in [-0.3, -0.25) is 0 Å². The van der Waals surface area contributed by atoms with Gasteiger partial charge in [-0.05, 0) is 25.0 Å². The molecule has 0 spiro atoms. The molecule has 0 saturated heterocycles. The molecule has 0 aliphatic heterocycles. The third kappa shape index (κ3) is 3.28. The van der Waals surface area contributed by atoms with Crippen LogP contribution < -0.4 is 5.32 Å². The molecule has 2 heterocycles. The van der Waals surface area contributed by atoms with Crippen molar-refractivity contribution in [3.05, 3.63) is 18.0 Å². The van der Waals surface area contributed by atoms with Gasteiger partial charge in [-0.1, -0.05) is 32.1 Å². The van der Waals surface area contributed by atoms with Crippen molar-refractivity contribution >= 4 is 11.5 Å². The Morgan fingerprint density at radius 1 is 1.05 bits per heavy atom. The van der Waals surface area contributed by atoms with E-state index in [9.17, 15) is 8.78 Å². The van der Waals surface area contributed by atoms with Crippen LogP contribution in [-0.4, -0.2) is 25.9 Å². The molecule has 1 N–H and O–H groups in total. The molecule has 1 fully saturated rings. The molecule has 0 atom stereocenters. The van der Waals surface area contributed by atoms with Gasteiger partial charge in [0.1, 0.15) is 5.82 Å². The second kappa shape index (κ2) is 6.32. The summed E-state index contributed by atoms with van der Waals surface area (Å²) in [6, 6.07) is 3.80. The Labute approximate surface area is 121 Å². The van der Waals surface area contributed by atoms with E-state index >= 15 is 0 Å². The molecular formula is C14H19F2N5. The maximum absolute atomic E-state index is 12.8. The highest BCUT2D eigenvalue weighted by atomic mass is 19.3. The van der Waals surface area contributed by atoms with Crippen molar-refractivity contribution in [3.63, 3.8) is 0 Å². The molecule has 5 nitrogen and oxygen atoms in total. The maximum Gasteiger partial charge on any atom is 0.299 e. The number of alkyl halides is 2. The molecule has 2 aromatic rings. The number of nitrogens with zero attached hydrogens (tertiary/aromatic N) is 4. The normalized spacial score (nSPS) is 17.9. The highest BCUT2D eigenvalue weighted by Crippen LogP contribution is 2.21. The lowest BCUT2D eigenvalue weighted by atomic mass is 9.97. The van der Waals surface area contributed by atoms with Crippen LogP contribution in [0.25, 0.3) is 5.65 Å². The fourth-order valence-corrected chi connectivity index (χ4v) is 2.83. The predicted octanol–water partition coefficient (Wildman–Crippen LogP) is 3.59. The molecule has 1 saturated carbocycles. The summed E-state index contributed by atoms with van der Waals surface area (Å²) in [4.78, 5) is 0. The maximum atomic E-state index is 12.8. The molecule has 0 aromatic carbocycles. The Bertz CT molecular complexity index is 590. The zero-order valence-corrected chi connectivity index (χ0v) is 11.8. The monoisotopic (exact) mass is 295 g/mol. The van der Waals surface area contributed by atoms with Crippen LogP contribution in [0, 0.1) is 0 Å². The minimum atomic E-state index is -2.68. The third-order valence-electron chi connectivity index (χ3n) is 3.94. The standard InChI is InChI=1S/C14H19F2N5/c15-13(16)14-19-18-12-9-8-11(20-21(12)14)17-10-6-4-2-1-3-5-7-10/h8-10,13H,1-7H2,(H,17,20). The van der Waals surface area contributed by atoms with Crippen molar-refractivity contribution in [1.29, 1.82) is 0 Å². The van der Waals surface area contributed by atoms with E-state index in [2.05, 4.69) is 20.6 Å². The minimum absolute atomic E-state index is 0.341. The summed E-state index contributed by atoms with van der Waals surface area (Å²) in [5.74, 6) is 0.195. The number of fused-ring (bicyclic) bond motifs is 1. The molecule has 1 aliphatic rings. The first-order valence-corrected chi connectivity index (χ1v) is 7.51. The second-order valence-corrected chi connectivity index (χ2v) is 5.53. The van der Waals surface area contributed by atoms with Gasteiger partial charge < -0.3 is 5.32 Å². The van der Waals surface area contributed by atoms with E-state index < -0.39 is 12.2 Å². The van der Waals surface area contributed by atoms with Crippen molar-refractivity contribution in [2.45, 2.75) is 57.4 Å². The molecule has 0 unspecified atom stereocenters.